The zero-order chi connectivity index (χ0) is 13.7. The maximum atomic E-state index is 11.7. The lowest BCUT2D eigenvalue weighted by molar-refractivity contribution is -0.144. The lowest BCUT2D eigenvalue weighted by atomic mass is 10.1. The van der Waals surface area contributed by atoms with Gasteiger partial charge in [-0.3, -0.25) is 4.79 Å². The third-order valence-corrected chi connectivity index (χ3v) is 3.34. The van der Waals surface area contributed by atoms with E-state index in [9.17, 15) is 4.79 Å². The van der Waals surface area contributed by atoms with Gasteiger partial charge in [0.05, 0.1) is 28.8 Å². The Morgan fingerprint density at radius 1 is 1.47 bits per heavy atom. The molecule has 0 aliphatic heterocycles. The van der Waals surface area contributed by atoms with E-state index in [-0.39, 0.29) is 19.0 Å². The van der Waals surface area contributed by atoms with E-state index in [4.69, 9.17) is 10.00 Å². The number of esters is 1. The standard InChI is InChI=1S/C14H12N2O2S/c1-10-16-13(9-19-10)6-14(17)18-8-12-5-3-2-4-11(12)7-15/h2-5,9H,6,8H2,1H3. The number of nitriles is 1. The Morgan fingerprint density at radius 2 is 2.26 bits per heavy atom. The Labute approximate surface area is 115 Å². The second-order valence-electron chi connectivity index (χ2n) is 3.96. The zero-order valence-electron chi connectivity index (χ0n) is 10.4. The molecule has 0 bridgehead atoms. The quantitative estimate of drug-likeness (QED) is 0.803. The SMILES string of the molecule is Cc1nc(CC(=O)OCc2ccccc2C#N)cs1. The molecule has 0 radical (unpaired) electrons. The van der Waals surface area contributed by atoms with Gasteiger partial charge in [0, 0.05) is 10.9 Å². The van der Waals surface area contributed by atoms with Crippen molar-refractivity contribution in [2.75, 3.05) is 0 Å². The van der Waals surface area contributed by atoms with Gasteiger partial charge < -0.3 is 4.74 Å². The number of benzene rings is 1. The number of carbonyl (C=O) groups is 1. The molecule has 1 heterocycles. The molecule has 0 unspecified atom stereocenters. The third-order valence-electron chi connectivity index (χ3n) is 2.52. The van der Waals surface area contributed by atoms with Gasteiger partial charge in [-0.1, -0.05) is 18.2 Å². The maximum absolute atomic E-state index is 11.7. The van der Waals surface area contributed by atoms with E-state index in [1.54, 1.807) is 18.2 Å². The van der Waals surface area contributed by atoms with E-state index in [0.29, 0.717) is 11.1 Å². The molecule has 0 aliphatic carbocycles. The molecule has 0 N–H and O–H groups in total. The summed E-state index contributed by atoms with van der Waals surface area (Å²) < 4.78 is 5.16. The highest BCUT2D eigenvalue weighted by atomic mass is 32.1. The fraction of sp³-hybridized carbons (Fsp3) is 0.214. The van der Waals surface area contributed by atoms with Gasteiger partial charge in [0.15, 0.2) is 0 Å². The molecule has 5 heteroatoms. The first-order valence-electron chi connectivity index (χ1n) is 5.73. The number of aryl methyl sites for hydroxylation is 1. The molecule has 1 aromatic carbocycles. The van der Waals surface area contributed by atoms with E-state index in [1.165, 1.54) is 11.3 Å². The highest BCUT2D eigenvalue weighted by Crippen LogP contribution is 2.11. The number of carbonyl (C=O) groups excluding carboxylic acids is 1. The second-order valence-corrected chi connectivity index (χ2v) is 5.03. The Balaban J connectivity index is 1.92. The fourth-order valence-corrected chi connectivity index (χ4v) is 2.21. The topological polar surface area (TPSA) is 63.0 Å². The summed E-state index contributed by atoms with van der Waals surface area (Å²) in [4.78, 5) is 15.9. The van der Waals surface area contributed by atoms with Crippen LogP contribution < -0.4 is 0 Å². The second kappa shape index (κ2) is 6.12. The van der Waals surface area contributed by atoms with E-state index in [1.807, 2.05) is 18.4 Å². The maximum Gasteiger partial charge on any atom is 0.312 e. The van der Waals surface area contributed by atoms with Crippen molar-refractivity contribution in [2.45, 2.75) is 20.0 Å². The Bertz CT molecular complexity index is 628. The Hall–Kier alpha value is -2.19. The lowest BCUT2D eigenvalue weighted by Gasteiger charge is -2.05. The van der Waals surface area contributed by atoms with Crippen LogP contribution in [0.1, 0.15) is 21.8 Å². The summed E-state index contributed by atoms with van der Waals surface area (Å²) in [6.45, 7) is 2.01. The summed E-state index contributed by atoms with van der Waals surface area (Å²) in [5.74, 6) is -0.335. The van der Waals surface area contributed by atoms with E-state index < -0.39 is 0 Å². The van der Waals surface area contributed by atoms with Crippen LogP contribution in [0, 0.1) is 18.3 Å². The van der Waals surface area contributed by atoms with Crippen molar-refractivity contribution in [1.82, 2.24) is 4.98 Å². The van der Waals surface area contributed by atoms with Gasteiger partial charge >= 0.3 is 5.97 Å². The highest BCUT2D eigenvalue weighted by Gasteiger charge is 2.09. The van der Waals surface area contributed by atoms with Crippen molar-refractivity contribution < 1.29 is 9.53 Å². The molecule has 1 aromatic heterocycles. The van der Waals surface area contributed by atoms with Crippen LogP contribution in [-0.4, -0.2) is 11.0 Å². The summed E-state index contributed by atoms with van der Waals surface area (Å²) >= 11 is 1.50. The average Bonchev–Trinajstić information content (AvgIpc) is 2.82. The molecule has 0 saturated heterocycles. The van der Waals surface area contributed by atoms with E-state index in [2.05, 4.69) is 11.1 Å². The van der Waals surface area contributed by atoms with E-state index in [0.717, 1.165) is 10.7 Å². The molecule has 0 aliphatic rings. The van der Waals surface area contributed by atoms with Crippen LogP contribution in [0.15, 0.2) is 29.6 Å². The van der Waals surface area contributed by atoms with Gasteiger partial charge in [0.1, 0.15) is 6.61 Å². The first kappa shape index (κ1) is 13.2. The minimum atomic E-state index is -0.335. The third kappa shape index (κ3) is 3.63. The first-order valence-corrected chi connectivity index (χ1v) is 6.61. The van der Waals surface area contributed by atoms with Gasteiger partial charge in [-0.15, -0.1) is 11.3 Å². The predicted octanol–water partition coefficient (Wildman–Crippen LogP) is 2.61. The molecule has 0 saturated carbocycles. The minimum absolute atomic E-state index is 0.117. The zero-order valence-corrected chi connectivity index (χ0v) is 11.2. The van der Waals surface area contributed by atoms with Gasteiger partial charge in [0.2, 0.25) is 0 Å². The molecular formula is C14H12N2O2S. The molecule has 0 spiro atoms. The van der Waals surface area contributed by atoms with Crippen molar-refractivity contribution >= 4 is 17.3 Å². The molecule has 19 heavy (non-hydrogen) atoms. The molecule has 2 aromatic rings. The fourth-order valence-electron chi connectivity index (χ4n) is 1.60. The first-order chi connectivity index (χ1) is 9.19. The van der Waals surface area contributed by atoms with Crippen LogP contribution in [-0.2, 0) is 22.6 Å². The summed E-state index contributed by atoms with van der Waals surface area (Å²) in [6, 6.07) is 9.14. The number of hydrogen-bond acceptors (Lipinski definition) is 5. The van der Waals surface area contributed by atoms with Crippen molar-refractivity contribution in [1.29, 1.82) is 5.26 Å². The average molecular weight is 272 g/mol. The molecule has 0 atom stereocenters. The highest BCUT2D eigenvalue weighted by molar-refractivity contribution is 7.09. The number of nitrogens with zero attached hydrogens (tertiary/aromatic N) is 2. The van der Waals surface area contributed by atoms with Gasteiger partial charge in [0.25, 0.3) is 0 Å². The van der Waals surface area contributed by atoms with Crippen LogP contribution in [0.25, 0.3) is 0 Å². The smallest absolute Gasteiger partial charge is 0.312 e. The number of rotatable bonds is 4. The molecule has 4 nitrogen and oxygen atoms in total. The molecule has 2 rings (SSSR count). The van der Waals surface area contributed by atoms with Crippen LogP contribution in [0.5, 0.6) is 0 Å². The number of hydrogen-bond donors (Lipinski definition) is 0. The van der Waals surface area contributed by atoms with Crippen LogP contribution in [0.2, 0.25) is 0 Å². The Kier molecular flexibility index (Phi) is 4.26. The number of ether oxygens (including phenoxy) is 1. The molecular weight excluding hydrogens is 260 g/mol. The van der Waals surface area contributed by atoms with Crippen LogP contribution in [0.3, 0.4) is 0 Å². The number of thiazole rings is 1. The minimum Gasteiger partial charge on any atom is -0.460 e. The Morgan fingerprint density at radius 3 is 2.95 bits per heavy atom. The predicted molar refractivity (Wildman–Crippen MR) is 71.5 cm³/mol. The van der Waals surface area contributed by atoms with Crippen molar-refractivity contribution in [2.24, 2.45) is 0 Å². The lowest BCUT2D eigenvalue weighted by Crippen LogP contribution is -2.09. The monoisotopic (exact) mass is 272 g/mol. The summed E-state index contributed by atoms with van der Waals surface area (Å²) in [5, 5.41) is 11.7. The molecule has 0 amide bonds. The summed E-state index contributed by atoms with van der Waals surface area (Å²) in [5.41, 5.74) is 1.97. The number of aromatic nitrogens is 1. The molecule has 96 valence electrons. The van der Waals surface area contributed by atoms with Crippen molar-refractivity contribution in [3.63, 3.8) is 0 Å². The van der Waals surface area contributed by atoms with Crippen molar-refractivity contribution in [3.8, 4) is 6.07 Å². The van der Waals surface area contributed by atoms with Crippen molar-refractivity contribution in [3.05, 3.63) is 51.5 Å². The van der Waals surface area contributed by atoms with Crippen LogP contribution in [0.4, 0.5) is 0 Å². The molecule has 0 fully saturated rings. The normalized spacial score (nSPS) is 9.89. The van der Waals surface area contributed by atoms with Gasteiger partial charge in [-0.2, -0.15) is 5.26 Å². The largest absolute Gasteiger partial charge is 0.460 e. The van der Waals surface area contributed by atoms with Gasteiger partial charge in [-0.25, -0.2) is 4.98 Å². The van der Waals surface area contributed by atoms with E-state index >= 15 is 0 Å². The summed E-state index contributed by atoms with van der Waals surface area (Å²) in [6.07, 6.45) is 0.166. The van der Waals surface area contributed by atoms with Crippen LogP contribution >= 0.6 is 11.3 Å². The summed E-state index contributed by atoms with van der Waals surface area (Å²) in [7, 11) is 0. The van der Waals surface area contributed by atoms with Gasteiger partial charge in [-0.05, 0) is 13.0 Å².